The predicted molar refractivity (Wildman–Crippen MR) is 111 cm³/mol. The van der Waals surface area contributed by atoms with Gasteiger partial charge in [-0.25, -0.2) is 14.1 Å². The van der Waals surface area contributed by atoms with Crippen LogP contribution >= 0.6 is 0 Å². The zero-order chi connectivity index (χ0) is 22.1. The highest BCUT2D eigenvalue weighted by Gasteiger charge is 2.62. The maximum atomic E-state index is 15.3. The maximum absolute atomic E-state index is 15.3. The van der Waals surface area contributed by atoms with Crippen LogP contribution in [0.5, 0.6) is 0 Å². The highest BCUT2D eigenvalue weighted by atomic mass is 19.1. The lowest BCUT2D eigenvalue weighted by atomic mass is 9.75. The standard InChI is InChI=1S/C24H26FNO4/c1-5-19(27)23(4,25)21(28)26-20(16(2)3)24(30-22(26)29,17-12-8-6-9-13-17)18-14-10-7-11-15-18/h5-16,19-20,27H,1H2,2-4H3/t19-,20?,23?/m1/s1. The van der Waals surface area contributed by atoms with Gasteiger partial charge in [0, 0.05) is 11.1 Å². The number of nitrogens with zero attached hydrogens (tertiary/aromatic N) is 1. The Morgan fingerprint density at radius 1 is 1.17 bits per heavy atom. The first-order valence-corrected chi connectivity index (χ1v) is 9.85. The summed E-state index contributed by atoms with van der Waals surface area (Å²) >= 11 is 0. The molecule has 1 aliphatic rings. The van der Waals surface area contributed by atoms with E-state index in [1.165, 1.54) is 0 Å². The van der Waals surface area contributed by atoms with Gasteiger partial charge in [-0.3, -0.25) is 4.79 Å². The van der Waals surface area contributed by atoms with E-state index in [-0.39, 0.29) is 5.92 Å². The van der Waals surface area contributed by atoms with E-state index in [9.17, 15) is 14.7 Å². The lowest BCUT2D eigenvalue weighted by Crippen LogP contribution is -2.57. The molecule has 5 nitrogen and oxygen atoms in total. The van der Waals surface area contributed by atoms with Gasteiger partial charge >= 0.3 is 6.09 Å². The molecule has 30 heavy (non-hydrogen) atoms. The van der Waals surface area contributed by atoms with Gasteiger partial charge in [-0.05, 0) is 12.8 Å². The van der Waals surface area contributed by atoms with E-state index in [1.54, 1.807) is 0 Å². The van der Waals surface area contributed by atoms with Gasteiger partial charge in [0.05, 0.1) is 6.04 Å². The van der Waals surface area contributed by atoms with Crippen LogP contribution in [0, 0.1) is 5.92 Å². The van der Waals surface area contributed by atoms with Crippen LogP contribution < -0.4 is 0 Å². The summed E-state index contributed by atoms with van der Waals surface area (Å²) in [5, 5.41) is 10.00. The lowest BCUT2D eigenvalue weighted by Gasteiger charge is -2.38. The van der Waals surface area contributed by atoms with E-state index in [4.69, 9.17) is 4.74 Å². The second-order valence-electron chi connectivity index (χ2n) is 7.96. The van der Waals surface area contributed by atoms with E-state index >= 15 is 4.39 Å². The number of aliphatic hydroxyl groups excluding tert-OH is 1. The number of hydrogen-bond acceptors (Lipinski definition) is 4. The van der Waals surface area contributed by atoms with Crippen molar-refractivity contribution in [1.29, 1.82) is 0 Å². The van der Waals surface area contributed by atoms with Gasteiger partial charge in [0.15, 0.2) is 5.60 Å². The minimum atomic E-state index is -2.74. The van der Waals surface area contributed by atoms with E-state index < -0.39 is 35.4 Å². The quantitative estimate of drug-likeness (QED) is 0.723. The van der Waals surface area contributed by atoms with Crippen molar-refractivity contribution in [3.05, 3.63) is 84.4 Å². The summed E-state index contributed by atoms with van der Waals surface area (Å²) in [6, 6.07) is 17.4. The molecule has 0 bridgehead atoms. The van der Waals surface area contributed by atoms with Crippen molar-refractivity contribution in [3.8, 4) is 0 Å². The summed E-state index contributed by atoms with van der Waals surface area (Å²) in [4.78, 5) is 27.1. The Balaban J connectivity index is 2.24. The average Bonchev–Trinajstić information content (AvgIpc) is 3.07. The molecule has 2 aromatic carbocycles. The summed E-state index contributed by atoms with van der Waals surface area (Å²) in [5.74, 6) is -1.44. The van der Waals surface area contributed by atoms with Crippen LogP contribution in [-0.2, 0) is 15.1 Å². The smallest absolute Gasteiger partial charge is 0.418 e. The van der Waals surface area contributed by atoms with Crippen molar-refractivity contribution >= 4 is 12.0 Å². The van der Waals surface area contributed by atoms with Crippen LogP contribution in [0.4, 0.5) is 9.18 Å². The van der Waals surface area contributed by atoms with E-state index in [1.807, 2.05) is 74.5 Å². The Morgan fingerprint density at radius 3 is 2.03 bits per heavy atom. The van der Waals surface area contributed by atoms with Crippen molar-refractivity contribution < 1.29 is 23.8 Å². The van der Waals surface area contributed by atoms with E-state index in [0.29, 0.717) is 11.1 Å². The largest absolute Gasteiger partial charge is 0.430 e. The van der Waals surface area contributed by atoms with Crippen LogP contribution in [0.3, 0.4) is 0 Å². The molecule has 1 N–H and O–H groups in total. The minimum absolute atomic E-state index is 0.280. The number of hydrogen-bond donors (Lipinski definition) is 1. The summed E-state index contributed by atoms with van der Waals surface area (Å²) in [6.45, 7) is 7.98. The van der Waals surface area contributed by atoms with Gasteiger partial charge in [-0.1, -0.05) is 80.6 Å². The van der Waals surface area contributed by atoms with Gasteiger partial charge in [0.1, 0.15) is 6.10 Å². The number of halogens is 1. The summed E-state index contributed by atoms with van der Waals surface area (Å²) in [7, 11) is 0. The van der Waals surface area contributed by atoms with E-state index in [2.05, 4.69) is 6.58 Å². The molecule has 158 valence electrons. The third kappa shape index (κ3) is 3.31. The van der Waals surface area contributed by atoms with E-state index in [0.717, 1.165) is 17.9 Å². The average molecular weight is 411 g/mol. The molecule has 0 radical (unpaired) electrons. The highest BCUT2D eigenvalue weighted by Crippen LogP contribution is 2.48. The molecule has 3 rings (SSSR count). The van der Waals surface area contributed by atoms with Gasteiger partial charge in [0.25, 0.3) is 5.91 Å². The molecule has 1 aliphatic heterocycles. The SMILES string of the molecule is C=C[C@@H](O)C(C)(F)C(=O)N1C(=O)OC(c2ccccc2)(c2ccccc2)C1C(C)C. The minimum Gasteiger partial charge on any atom is -0.430 e. The first-order chi connectivity index (χ1) is 14.2. The van der Waals surface area contributed by atoms with Crippen LogP contribution in [0.2, 0.25) is 0 Å². The number of cyclic esters (lactones) is 1. The third-order valence-electron chi connectivity index (χ3n) is 5.59. The van der Waals surface area contributed by atoms with Crippen molar-refractivity contribution in [2.24, 2.45) is 5.92 Å². The number of alkyl halides is 1. The summed E-state index contributed by atoms with van der Waals surface area (Å²) in [6.07, 6.45) is -1.79. The van der Waals surface area contributed by atoms with Gasteiger partial charge in [0.2, 0.25) is 5.67 Å². The van der Waals surface area contributed by atoms with Gasteiger partial charge < -0.3 is 9.84 Å². The predicted octanol–water partition coefficient (Wildman–Crippen LogP) is 4.21. The van der Waals surface area contributed by atoms with Crippen molar-refractivity contribution in [1.82, 2.24) is 4.90 Å². The third-order valence-corrected chi connectivity index (χ3v) is 5.59. The van der Waals surface area contributed by atoms with Crippen molar-refractivity contribution in [3.63, 3.8) is 0 Å². The summed E-state index contributed by atoms with van der Waals surface area (Å²) < 4.78 is 21.2. The van der Waals surface area contributed by atoms with Crippen molar-refractivity contribution in [2.45, 2.75) is 44.2 Å². The first kappa shape index (κ1) is 21.7. The van der Waals surface area contributed by atoms with Gasteiger partial charge in [-0.15, -0.1) is 6.58 Å². The second kappa shape index (κ2) is 8.03. The number of ether oxygens (including phenoxy) is 1. The zero-order valence-corrected chi connectivity index (χ0v) is 17.3. The Bertz CT molecular complexity index is 887. The molecule has 1 heterocycles. The van der Waals surface area contributed by atoms with Crippen LogP contribution in [0.25, 0.3) is 0 Å². The number of benzene rings is 2. The molecule has 2 aromatic rings. The van der Waals surface area contributed by atoms with Crippen LogP contribution in [-0.4, -0.2) is 39.8 Å². The molecular weight excluding hydrogens is 385 g/mol. The summed E-state index contributed by atoms with van der Waals surface area (Å²) in [5.41, 5.74) is -2.72. The van der Waals surface area contributed by atoms with Crippen LogP contribution in [0.1, 0.15) is 31.9 Å². The number of imide groups is 1. The molecule has 0 aliphatic carbocycles. The number of aliphatic hydroxyl groups is 1. The molecule has 1 saturated heterocycles. The first-order valence-electron chi connectivity index (χ1n) is 9.85. The fourth-order valence-corrected chi connectivity index (χ4v) is 4.10. The molecule has 0 spiro atoms. The fourth-order valence-electron chi connectivity index (χ4n) is 4.10. The molecule has 0 saturated carbocycles. The number of rotatable bonds is 6. The monoisotopic (exact) mass is 411 g/mol. The van der Waals surface area contributed by atoms with Crippen molar-refractivity contribution in [2.75, 3.05) is 0 Å². The number of carbonyl (C=O) groups excluding carboxylic acids is 2. The zero-order valence-electron chi connectivity index (χ0n) is 17.3. The fraction of sp³-hybridized carbons (Fsp3) is 0.333. The number of carbonyl (C=O) groups is 2. The second-order valence-corrected chi connectivity index (χ2v) is 7.96. The molecule has 2 amide bonds. The normalized spacial score (nSPS) is 21.1. The Hall–Kier alpha value is -2.99. The van der Waals surface area contributed by atoms with Crippen LogP contribution in [0.15, 0.2) is 73.3 Å². The molecular formula is C24H26FNO4. The molecule has 1 fully saturated rings. The maximum Gasteiger partial charge on any atom is 0.418 e. The molecule has 6 heteroatoms. The Morgan fingerprint density at radius 2 is 1.63 bits per heavy atom. The molecule has 3 atom stereocenters. The number of amides is 2. The lowest BCUT2D eigenvalue weighted by molar-refractivity contribution is -0.147. The molecule has 2 unspecified atom stereocenters. The highest BCUT2D eigenvalue weighted by molar-refractivity contribution is 5.99. The van der Waals surface area contributed by atoms with Gasteiger partial charge in [-0.2, -0.15) is 0 Å². The Labute approximate surface area is 175 Å². The topological polar surface area (TPSA) is 66.8 Å². The molecule has 0 aromatic heterocycles. The Kier molecular flexibility index (Phi) is 5.81.